The number of carbonyl (C=O) groups excluding carboxylic acids is 1. The summed E-state index contributed by atoms with van der Waals surface area (Å²) in [6, 6.07) is 6.27. The molecule has 8 heteroatoms. The molecular formula is C17H17ClF3N3O. The summed E-state index contributed by atoms with van der Waals surface area (Å²) in [6.45, 7) is 4.80. The third kappa shape index (κ3) is 5.35. The zero-order valence-electron chi connectivity index (χ0n) is 13.6. The second kappa shape index (κ2) is 7.74. The van der Waals surface area contributed by atoms with Gasteiger partial charge in [0.2, 0.25) is 0 Å². The number of amides is 1. The van der Waals surface area contributed by atoms with Crippen LogP contribution in [0.1, 0.15) is 29.8 Å². The van der Waals surface area contributed by atoms with E-state index in [1.165, 1.54) is 18.3 Å². The van der Waals surface area contributed by atoms with Crippen molar-refractivity contribution in [2.24, 2.45) is 5.92 Å². The molecule has 0 unspecified atom stereocenters. The Hall–Kier alpha value is -2.28. The predicted octanol–water partition coefficient (Wildman–Crippen LogP) is 5.07. The van der Waals surface area contributed by atoms with Gasteiger partial charge in [0, 0.05) is 17.8 Å². The van der Waals surface area contributed by atoms with Gasteiger partial charge in [-0.25, -0.2) is 4.98 Å². The first-order valence-electron chi connectivity index (χ1n) is 7.55. The Balaban J connectivity index is 2.15. The van der Waals surface area contributed by atoms with Crippen LogP contribution in [0.2, 0.25) is 5.02 Å². The minimum Gasteiger partial charge on any atom is -0.370 e. The number of pyridine rings is 1. The molecule has 0 aliphatic heterocycles. The molecule has 1 aromatic heterocycles. The van der Waals surface area contributed by atoms with Crippen molar-refractivity contribution in [2.45, 2.75) is 20.0 Å². The molecule has 0 aliphatic rings. The number of halogens is 4. The summed E-state index contributed by atoms with van der Waals surface area (Å²) in [6.07, 6.45) is -3.32. The van der Waals surface area contributed by atoms with Gasteiger partial charge >= 0.3 is 6.18 Å². The molecular weight excluding hydrogens is 355 g/mol. The number of anilines is 2. The van der Waals surface area contributed by atoms with E-state index in [4.69, 9.17) is 11.6 Å². The molecule has 1 heterocycles. The third-order valence-electron chi connectivity index (χ3n) is 3.25. The standard InChI is InChI=1S/C17H17ClF3N3O/c1-10(2)8-22-15-6-3-11(9-23-15)16(25)24-14-5-4-12(18)7-13(14)17(19,20)21/h3-7,9-10H,8H2,1-2H3,(H,22,23)(H,24,25). The number of nitrogens with one attached hydrogen (secondary N) is 2. The highest BCUT2D eigenvalue weighted by atomic mass is 35.5. The maximum absolute atomic E-state index is 13.1. The lowest BCUT2D eigenvalue weighted by Crippen LogP contribution is -2.17. The first kappa shape index (κ1) is 19.1. The summed E-state index contributed by atoms with van der Waals surface area (Å²) in [7, 11) is 0. The van der Waals surface area contributed by atoms with Crippen LogP contribution in [-0.4, -0.2) is 17.4 Å². The molecule has 1 amide bonds. The van der Waals surface area contributed by atoms with Gasteiger partial charge < -0.3 is 10.6 Å². The summed E-state index contributed by atoms with van der Waals surface area (Å²) in [4.78, 5) is 16.3. The van der Waals surface area contributed by atoms with Crippen LogP contribution in [-0.2, 0) is 6.18 Å². The van der Waals surface area contributed by atoms with Gasteiger partial charge in [0.25, 0.3) is 5.91 Å². The van der Waals surface area contributed by atoms with Crippen molar-refractivity contribution < 1.29 is 18.0 Å². The van der Waals surface area contributed by atoms with Crippen molar-refractivity contribution in [3.63, 3.8) is 0 Å². The zero-order chi connectivity index (χ0) is 18.6. The molecule has 0 fully saturated rings. The van der Waals surface area contributed by atoms with E-state index >= 15 is 0 Å². The Bertz CT molecular complexity index is 746. The molecule has 2 rings (SSSR count). The summed E-state index contributed by atoms with van der Waals surface area (Å²) < 4.78 is 39.2. The Morgan fingerprint density at radius 1 is 1.24 bits per heavy atom. The van der Waals surface area contributed by atoms with E-state index in [0.717, 1.165) is 18.7 Å². The summed E-state index contributed by atoms with van der Waals surface area (Å²) >= 11 is 5.62. The average molecular weight is 372 g/mol. The quantitative estimate of drug-likeness (QED) is 0.771. The van der Waals surface area contributed by atoms with Crippen molar-refractivity contribution >= 4 is 29.0 Å². The van der Waals surface area contributed by atoms with Crippen molar-refractivity contribution in [3.8, 4) is 0 Å². The molecule has 4 nitrogen and oxygen atoms in total. The van der Waals surface area contributed by atoms with E-state index in [1.54, 1.807) is 6.07 Å². The first-order chi connectivity index (χ1) is 11.7. The van der Waals surface area contributed by atoms with Crippen LogP contribution in [0.15, 0.2) is 36.5 Å². The molecule has 25 heavy (non-hydrogen) atoms. The van der Waals surface area contributed by atoms with Gasteiger partial charge in [0.15, 0.2) is 0 Å². The third-order valence-corrected chi connectivity index (χ3v) is 3.49. The topological polar surface area (TPSA) is 54.0 Å². The Kier molecular flexibility index (Phi) is 5.89. The fourth-order valence-electron chi connectivity index (χ4n) is 2.00. The summed E-state index contributed by atoms with van der Waals surface area (Å²) in [5.74, 6) is 0.332. The smallest absolute Gasteiger partial charge is 0.370 e. The van der Waals surface area contributed by atoms with E-state index in [9.17, 15) is 18.0 Å². The first-order valence-corrected chi connectivity index (χ1v) is 7.92. The minimum atomic E-state index is -4.63. The lowest BCUT2D eigenvalue weighted by atomic mass is 10.1. The zero-order valence-corrected chi connectivity index (χ0v) is 14.4. The average Bonchev–Trinajstić information content (AvgIpc) is 2.54. The van der Waals surface area contributed by atoms with E-state index in [2.05, 4.69) is 15.6 Å². The molecule has 0 radical (unpaired) electrons. The molecule has 2 aromatic rings. The Morgan fingerprint density at radius 2 is 1.96 bits per heavy atom. The Morgan fingerprint density at radius 3 is 2.52 bits per heavy atom. The molecule has 134 valence electrons. The van der Waals surface area contributed by atoms with Crippen molar-refractivity contribution in [1.29, 1.82) is 0 Å². The number of carbonyl (C=O) groups is 1. The maximum Gasteiger partial charge on any atom is 0.418 e. The number of nitrogens with zero attached hydrogens (tertiary/aromatic N) is 1. The molecule has 0 bridgehead atoms. The number of hydrogen-bond donors (Lipinski definition) is 2. The monoisotopic (exact) mass is 371 g/mol. The molecule has 1 aromatic carbocycles. The van der Waals surface area contributed by atoms with Crippen LogP contribution in [0, 0.1) is 5.92 Å². The van der Waals surface area contributed by atoms with Gasteiger partial charge in [-0.3, -0.25) is 4.79 Å². The number of rotatable bonds is 5. The number of aromatic nitrogens is 1. The molecule has 0 aliphatic carbocycles. The molecule has 0 saturated heterocycles. The normalized spacial score (nSPS) is 11.5. The van der Waals surface area contributed by atoms with Crippen LogP contribution < -0.4 is 10.6 Å². The van der Waals surface area contributed by atoms with Crippen LogP contribution >= 0.6 is 11.6 Å². The van der Waals surface area contributed by atoms with Gasteiger partial charge in [0.1, 0.15) is 5.82 Å². The number of hydrogen-bond acceptors (Lipinski definition) is 3. The summed E-state index contributed by atoms with van der Waals surface area (Å²) in [5.41, 5.74) is -1.21. The van der Waals surface area contributed by atoms with Crippen molar-refractivity contribution in [2.75, 3.05) is 17.2 Å². The lowest BCUT2D eigenvalue weighted by molar-refractivity contribution is -0.136. The van der Waals surface area contributed by atoms with Gasteiger partial charge in [0.05, 0.1) is 16.8 Å². The molecule has 0 saturated carbocycles. The minimum absolute atomic E-state index is 0.0624. The van der Waals surface area contributed by atoms with Crippen LogP contribution in [0.25, 0.3) is 0 Å². The fourth-order valence-corrected chi connectivity index (χ4v) is 2.17. The SMILES string of the molecule is CC(C)CNc1ccc(C(=O)Nc2ccc(Cl)cc2C(F)(F)F)cn1. The highest BCUT2D eigenvalue weighted by Gasteiger charge is 2.34. The predicted molar refractivity (Wildman–Crippen MR) is 92.0 cm³/mol. The fraction of sp³-hybridized carbons (Fsp3) is 0.294. The largest absolute Gasteiger partial charge is 0.418 e. The Labute approximate surface area is 148 Å². The van der Waals surface area contributed by atoms with E-state index in [1.807, 2.05) is 13.8 Å². The summed E-state index contributed by atoms with van der Waals surface area (Å²) in [5, 5.41) is 5.28. The van der Waals surface area contributed by atoms with Crippen LogP contribution in [0.3, 0.4) is 0 Å². The second-order valence-corrected chi connectivity index (χ2v) is 6.29. The second-order valence-electron chi connectivity index (χ2n) is 5.85. The molecule has 0 spiro atoms. The van der Waals surface area contributed by atoms with Crippen LogP contribution in [0.5, 0.6) is 0 Å². The molecule has 0 atom stereocenters. The molecule has 2 N–H and O–H groups in total. The van der Waals surface area contributed by atoms with Crippen molar-refractivity contribution in [1.82, 2.24) is 4.98 Å². The van der Waals surface area contributed by atoms with Gasteiger partial charge in [-0.1, -0.05) is 25.4 Å². The van der Waals surface area contributed by atoms with Gasteiger partial charge in [-0.15, -0.1) is 0 Å². The van der Waals surface area contributed by atoms with E-state index in [0.29, 0.717) is 11.7 Å². The highest BCUT2D eigenvalue weighted by Crippen LogP contribution is 2.36. The highest BCUT2D eigenvalue weighted by molar-refractivity contribution is 6.30. The maximum atomic E-state index is 13.1. The van der Waals surface area contributed by atoms with Crippen molar-refractivity contribution in [3.05, 3.63) is 52.7 Å². The number of benzene rings is 1. The lowest BCUT2D eigenvalue weighted by Gasteiger charge is -2.14. The van der Waals surface area contributed by atoms with Gasteiger partial charge in [-0.05, 0) is 36.2 Å². The van der Waals surface area contributed by atoms with Gasteiger partial charge in [-0.2, -0.15) is 13.2 Å². The van der Waals surface area contributed by atoms with E-state index < -0.39 is 17.6 Å². The van der Waals surface area contributed by atoms with E-state index in [-0.39, 0.29) is 16.3 Å². The number of alkyl halides is 3. The van der Waals surface area contributed by atoms with Crippen LogP contribution in [0.4, 0.5) is 24.7 Å².